The molecule has 0 aliphatic heterocycles. The monoisotopic (exact) mass is 614 g/mol. The van der Waals surface area contributed by atoms with Crippen LogP contribution in [0.25, 0.3) is 0 Å². The summed E-state index contributed by atoms with van der Waals surface area (Å²) in [5, 5.41) is 18.1. The molecule has 0 aliphatic rings. The number of carbonyl (C=O) groups excluding carboxylic acids is 2. The van der Waals surface area contributed by atoms with Crippen molar-refractivity contribution in [3.05, 3.63) is 60.8 Å². The van der Waals surface area contributed by atoms with E-state index >= 15 is 0 Å². The highest BCUT2D eigenvalue weighted by atomic mass is 31.2. The number of aliphatic hydroxyl groups excluding tert-OH is 2. The number of esters is 2. The molecule has 3 atom stereocenters. The van der Waals surface area contributed by atoms with E-state index in [-0.39, 0.29) is 19.4 Å². The Morgan fingerprint density at radius 2 is 1.29 bits per heavy atom. The van der Waals surface area contributed by atoms with Crippen LogP contribution in [0.3, 0.4) is 0 Å². The predicted molar refractivity (Wildman–Crippen MR) is 163 cm³/mol. The standard InChI is InChI=1S/C31H51O10P/c1-3-5-7-9-10-11-12-13-14-15-16-17-18-19-21-23-31(35)41-29(26-38-30(34)22-20-8-6-4-2)27-40-42(36,37)39-25-28(33)24-32/h5,7,10-11,13-14,16-17,19,21,28-29,32-33H,3-4,6,8-9,12,15,18,20,22-27H2,1-2H3,(H,36,37)/b7-5-,11-10-,14-13-,17-16-,21-19-. The Morgan fingerprint density at radius 1 is 0.738 bits per heavy atom. The van der Waals surface area contributed by atoms with Gasteiger partial charge in [-0.1, -0.05) is 93.9 Å². The highest BCUT2D eigenvalue weighted by Gasteiger charge is 2.27. The first kappa shape index (κ1) is 39.7. The van der Waals surface area contributed by atoms with Crippen LogP contribution in [-0.4, -0.2) is 65.7 Å². The molecule has 10 nitrogen and oxygen atoms in total. The first-order valence-corrected chi connectivity index (χ1v) is 16.2. The number of aliphatic hydroxyl groups is 2. The van der Waals surface area contributed by atoms with Crippen molar-refractivity contribution >= 4 is 19.8 Å². The van der Waals surface area contributed by atoms with E-state index in [1.54, 1.807) is 6.08 Å². The predicted octanol–water partition coefficient (Wildman–Crippen LogP) is 6.04. The summed E-state index contributed by atoms with van der Waals surface area (Å²) in [4.78, 5) is 34.1. The highest BCUT2D eigenvalue weighted by molar-refractivity contribution is 7.47. The zero-order valence-corrected chi connectivity index (χ0v) is 26.1. The number of ether oxygens (including phenoxy) is 2. The number of carbonyl (C=O) groups is 2. The van der Waals surface area contributed by atoms with Crippen molar-refractivity contribution in [2.75, 3.05) is 26.4 Å². The molecule has 0 rings (SSSR count). The molecule has 3 unspecified atom stereocenters. The van der Waals surface area contributed by atoms with Crippen LogP contribution < -0.4 is 0 Å². The second-order valence-corrected chi connectivity index (χ2v) is 10.9. The largest absolute Gasteiger partial charge is 0.472 e. The van der Waals surface area contributed by atoms with Gasteiger partial charge in [-0.2, -0.15) is 0 Å². The third kappa shape index (κ3) is 26.6. The molecule has 0 aromatic heterocycles. The maximum absolute atomic E-state index is 12.3. The molecule has 0 heterocycles. The molecular weight excluding hydrogens is 563 g/mol. The third-order valence-corrected chi connectivity index (χ3v) is 6.42. The van der Waals surface area contributed by atoms with E-state index < -0.39 is 51.8 Å². The molecule has 0 bridgehead atoms. The van der Waals surface area contributed by atoms with E-state index in [0.29, 0.717) is 12.8 Å². The van der Waals surface area contributed by atoms with E-state index in [1.807, 2.05) is 18.2 Å². The number of phosphoric ester groups is 1. The second-order valence-electron chi connectivity index (χ2n) is 9.41. The van der Waals surface area contributed by atoms with Crippen molar-refractivity contribution in [1.29, 1.82) is 0 Å². The van der Waals surface area contributed by atoms with Gasteiger partial charge >= 0.3 is 19.8 Å². The second kappa shape index (κ2) is 27.5. The lowest BCUT2D eigenvalue weighted by atomic mass is 10.2. The molecule has 0 aromatic rings. The van der Waals surface area contributed by atoms with Gasteiger partial charge in [-0.05, 0) is 38.5 Å². The van der Waals surface area contributed by atoms with Crippen molar-refractivity contribution in [2.45, 2.75) is 96.7 Å². The number of unbranched alkanes of at least 4 members (excludes halogenated alkanes) is 3. The molecule has 0 aromatic carbocycles. The Hall–Kier alpha value is -2.33. The summed E-state index contributed by atoms with van der Waals surface area (Å²) in [6, 6.07) is 0. The minimum Gasteiger partial charge on any atom is -0.462 e. The summed E-state index contributed by atoms with van der Waals surface area (Å²) in [5.74, 6) is -1.10. The molecule has 0 saturated carbocycles. The molecule has 0 spiro atoms. The van der Waals surface area contributed by atoms with Gasteiger partial charge in [0.25, 0.3) is 0 Å². The first-order chi connectivity index (χ1) is 20.2. The fourth-order valence-corrected chi connectivity index (χ4v) is 3.97. The van der Waals surface area contributed by atoms with Crippen LogP contribution in [0, 0.1) is 0 Å². The SMILES string of the molecule is CC/C=C\C/C=C\C/C=C\C/C=C\C/C=C\CC(=O)OC(COC(=O)CCCCCC)COP(=O)(O)OCC(O)CO. The van der Waals surface area contributed by atoms with Crippen LogP contribution in [-0.2, 0) is 32.7 Å². The van der Waals surface area contributed by atoms with E-state index in [4.69, 9.17) is 19.1 Å². The summed E-state index contributed by atoms with van der Waals surface area (Å²) >= 11 is 0. The van der Waals surface area contributed by atoms with Gasteiger partial charge in [-0.25, -0.2) is 4.57 Å². The Labute approximate surface area is 251 Å². The molecule has 0 amide bonds. The molecule has 0 fully saturated rings. The Kier molecular flexibility index (Phi) is 26.0. The highest BCUT2D eigenvalue weighted by Crippen LogP contribution is 2.43. The van der Waals surface area contributed by atoms with Gasteiger partial charge in [0.2, 0.25) is 0 Å². The third-order valence-electron chi connectivity index (χ3n) is 5.47. The van der Waals surface area contributed by atoms with Crippen molar-refractivity contribution in [1.82, 2.24) is 0 Å². The lowest BCUT2D eigenvalue weighted by Crippen LogP contribution is -2.29. The van der Waals surface area contributed by atoms with Crippen molar-refractivity contribution < 1.29 is 47.8 Å². The average Bonchev–Trinajstić information content (AvgIpc) is 2.97. The van der Waals surface area contributed by atoms with E-state index in [1.165, 1.54) is 0 Å². The molecule has 42 heavy (non-hydrogen) atoms. The number of hydrogen-bond donors (Lipinski definition) is 3. The zero-order valence-electron chi connectivity index (χ0n) is 25.2. The lowest BCUT2D eigenvalue weighted by Gasteiger charge is -2.20. The Morgan fingerprint density at radius 3 is 1.83 bits per heavy atom. The van der Waals surface area contributed by atoms with Crippen molar-refractivity contribution in [2.24, 2.45) is 0 Å². The van der Waals surface area contributed by atoms with E-state index in [2.05, 4.69) is 54.8 Å². The van der Waals surface area contributed by atoms with Crippen LogP contribution in [0.1, 0.15) is 84.5 Å². The van der Waals surface area contributed by atoms with Gasteiger partial charge in [0.05, 0.1) is 26.2 Å². The van der Waals surface area contributed by atoms with Crippen LogP contribution in [0.15, 0.2) is 60.8 Å². The van der Waals surface area contributed by atoms with Crippen LogP contribution in [0.4, 0.5) is 0 Å². The van der Waals surface area contributed by atoms with E-state index in [0.717, 1.165) is 44.9 Å². The maximum atomic E-state index is 12.3. The fraction of sp³-hybridized carbons (Fsp3) is 0.613. The smallest absolute Gasteiger partial charge is 0.462 e. The lowest BCUT2D eigenvalue weighted by molar-refractivity contribution is -0.160. The molecule has 240 valence electrons. The maximum Gasteiger partial charge on any atom is 0.472 e. The van der Waals surface area contributed by atoms with Crippen molar-refractivity contribution in [3.63, 3.8) is 0 Å². The number of rotatable bonds is 26. The van der Waals surface area contributed by atoms with Gasteiger partial charge in [0.1, 0.15) is 12.7 Å². The van der Waals surface area contributed by atoms with Gasteiger partial charge in [-0.3, -0.25) is 18.6 Å². The van der Waals surface area contributed by atoms with Crippen molar-refractivity contribution in [3.8, 4) is 0 Å². The average molecular weight is 615 g/mol. The summed E-state index contributed by atoms with van der Waals surface area (Å²) in [7, 11) is -4.62. The zero-order chi connectivity index (χ0) is 31.3. The minimum absolute atomic E-state index is 0.0506. The fourth-order valence-electron chi connectivity index (χ4n) is 3.18. The molecular formula is C31H51O10P. The van der Waals surface area contributed by atoms with Crippen LogP contribution >= 0.6 is 7.82 Å². The summed E-state index contributed by atoms with van der Waals surface area (Å²) in [5.41, 5.74) is 0. The Bertz CT molecular complexity index is 894. The van der Waals surface area contributed by atoms with Gasteiger partial charge in [-0.15, -0.1) is 0 Å². The topological polar surface area (TPSA) is 149 Å². The van der Waals surface area contributed by atoms with Crippen LogP contribution in [0.2, 0.25) is 0 Å². The molecule has 0 saturated heterocycles. The molecule has 0 aliphatic carbocycles. The summed E-state index contributed by atoms with van der Waals surface area (Å²) in [6.07, 6.45) is 25.9. The molecule has 0 radical (unpaired) electrons. The van der Waals surface area contributed by atoms with E-state index in [9.17, 15) is 24.2 Å². The Balaban J connectivity index is 4.59. The molecule has 3 N–H and O–H groups in total. The quantitative estimate of drug-likeness (QED) is 0.0456. The normalized spacial score (nSPS) is 15.3. The number of phosphoric acid groups is 1. The molecule has 11 heteroatoms. The first-order valence-electron chi connectivity index (χ1n) is 14.7. The number of hydrogen-bond acceptors (Lipinski definition) is 9. The van der Waals surface area contributed by atoms with Gasteiger partial charge < -0.3 is 24.6 Å². The minimum atomic E-state index is -4.62. The van der Waals surface area contributed by atoms with Gasteiger partial charge in [0, 0.05) is 6.42 Å². The van der Waals surface area contributed by atoms with Crippen LogP contribution in [0.5, 0.6) is 0 Å². The number of allylic oxidation sites excluding steroid dienone is 9. The summed E-state index contributed by atoms with van der Waals surface area (Å²) in [6.45, 7) is 1.94. The summed E-state index contributed by atoms with van der Waals surface area (Å²) < 4.78 is 32.0. The van der Waals surface area contributed by atoms with Gasteiger partial charge in [0.15, 0.2) is 6.10 Å².